The van der Waals surface area contributed by atoms with E-state index in [1.807, 2.05) is 0 Å². The van der Waals surface area contributed by atoms with Crippen LogP contribution in [0.25, 0.3) is 10.4 Å². The molecule has 7 nitrogen and oxygen atoms in total. The van der Waals surface area contributed by atoms with E-state index in [9.17, 15) is 9.18 Å². The number of carbonyl (C=O) groups excluding carboxylic acids is 1. The van der Waals surface area contributed by atoms with Crippen molar-refractivity contribution in [2.24, 2.45) is 10.8 Å². The van der Waals surface area contributed by atoms with E-state index in [0.29, 0.717) is 5.69 Å². The molecule has 0 aliphatic heterocycles. The Morgan fingerprint density at radius 1 is 1.72 bits per heavy atom. The molecule has 1 amide bonds. The van der Waals surface area contributed by atoms with Crippen LogP contribution in [0.2, 0.25) is 0 Å². The third-order valence-corrected chi connectivity index (χ3v) is 2.49. The van der Waals surface area contributed by atoms with E-state index in [-0.39, 0.29) is 13.1 Å². The fourth-order valence-corrected chi connectivity index (χ4v) is 1.38. The first kappa shape index (κ1) is 13.9. The number of carbonyl (C=O) groups is 1. The van der Waals surface area contributed by atoms with Crippen LogP contribution < -0.4 is 11.1 Å². The van der Waals surface area contributed by atoms with Gasteiger partial charge in [-0.25, -0.2) is 4.39 Å². The molecule has 1 atom stereocenters. The van der Waals surface area contributed by atoms with Gasteiger partial charge in [-0.1, -0.05) is 5.11 Å². The summed E-state index contributed by atoms with van der Waals surface area (Å²) in [6.45, 7) is 1.95. The van der Waals surface area contributed by atoms with E-state index >= 15 is 0 Å². The quantitative estimate of drug-likeness (QED) is 0.338. The van der Waals surface area contributed by atoms with Gasteiger partial charge in [0.25, 0.3) is 0 Å². The molecule has 1 unspecified atom stereocenters. The number of amides is 1. The first-order valence-electron chi connectivity index (χ1n) is 5.18. The molecule has 1 aromatic heterocycles. The number of pyridine rings is 1. The van der Waals surface area contributed by atoms with Crippen LogP contribution in [0, 0.1) is 5.82 Å². The predicted molar refractivity (Wildman–Crippen MR) is 62.8 cm³/mol. The molecule has 1 heterocycles. The van der Waals surface area contributed by atoms with Crippen molar-refractivity contribution in [3.63, 3.8) is 0 Å². The molecule has 0 radical (unpaired) electrons. The zero-order chi connectivity index (χ0) is 13.6. The second-order valence-corrected chi connectivity index (χ2v) is 3.73. The number of hydrogen-bond donors (Lipinski definition) is 2. The molecule has 96 valence electrons. The van der Waals surface area contributed by atoms with Gasteiger partial charge in [0.05, 0.1) is 11.9 Å². The molecule has 0 aliphatic rings. The molecule has 1 aromatic rings. The standard InChI is InChI=1S/C10H13FN6O/c1-10(9(12)18,15-4-5-16-17-13)8-3-2-7(11)6-14-8/h2-3,6,15H,4-5H2,1H3,(H2,12,18). The van der Waals surface area contributed by atoms with E-state index < -0.39 is 17.3 Å². The molecule has 0 saturated heterocycles. The Labute approximate surface area is 103 Å². The largest absolute Gasteiger partial charge is 0.368 e. The fourth-order valence-electron chi connectivity index (χ4n) is 1.38. The summed E-state index contributed by atoms with van der Waals surface area (Å²) in [6, 6.07) is 2.57. The van der Waals surface area contributed by atoms with Gasteiger partial charge in [0.2, 0.25) is 5.91 Å². The lowest BCUT2D eigenvalue weighted by Crippen LogP contribution is -2.51. The van der Waals surface area contributed by atoms with Gasteiger partial charge < -0.3 is 5.73 Å². The van der Waals surface area contributed by atoms with E-state index in [0.717, 1.165) is 6.20 Å². The second-order valence-electron chi connectivity index (χ2n) is 3.73. The van der Waals surface area contributed by atoms with Crippen molar-refractivity contribution in [2.45, 2.75) is 12.5 Å². The SMILES string of the molecule is CC(NCCN=[N+]=[N-])(C(N)=O)c1ccc(F)cn1. The lowest BCUT2D eigenvalue weighted by molar-refractivity contribution is -0.124. The van der Waals surface area contributed by atoms with Gasteiger partial charge in [0, 0.05) is 18.0 Å². The summed E-state index contributed by atoms with van der Waals surface area (Å²) in [5, 5.41) is 6.17. The van der Waals surface area contributed by atoms with Crippen molar-refractivity contribution in [1.29, 1.82) is 0 Å². The van der Waals surface area contributed by atoms with Crippen LogP contribution >= 0.6 is 0 Å². The number of aromatic nitrogens is 1. The zero-order valence-corrected chi connectivity index (χ0v) is 9.80. The Hall–Kier alpha value is -2.18. The van der Waals surface area contributed by atoms with Gasteiger partial charge in [-0.15, -0.1) is 0 Å². The van der Waals surface area contributed by atoms with Crippen molar-refractivity contribution < 1.29 is 9.18 Å². The van der Waals surface area contributed by atoms with Crippen molar-refractivity contribution >= 4 is 5.91 Å². The number of hydrogen-bond acceptors (Lipinski definition) is 4. The van der Waals surface area contributed by atoms with Gasteiger partial charge in [-0.2, -0.15) is 0 Å². The molecule has 0 spiro atoms. The average molecular weight is 252 g/mol. The van der Waals surface area contributed by atoms with Crippen LogP contribution in [-0.4, -0.2) is 24.0 Å². The number of halogens is 1. The Balaban J connectivity index is 2.89. The highest BCUT2D eigenvalue weighted by Crippen LogP contribution is 2.18. The predicted octanol–water partition coefficient (Wildman–Crippen LogP) is 0.821. The molecule has 0 saturated carbocycles. The number of nitrogens with two attached hydrogens (primary N) is 1. The van der Waals surface area contributed by atoms with Gasteiger partial charge >= 0.3 is 0 Å². The number of primary amides is 1. The zero-order valence-electron chi connectivity index (χ0n) is 9.80. The van der Waals surface area contributed by atoms with Crippen LogP contribution in [-0.2, 0) is 10.3 Å². The molecule has 0 bridgehead atoms. The molecule has 3 N–H and O–H groups in total. The number of nitrogens with zero attached hydrogens (tertiary/aromatic N) is 4. The fraction of sp³-hybridized carbons (Fsp3) is 0.400. The Kier molecular flexibility index (Phi) is 4.59. The molecule has 18 heavy (non-hydrogen) atoms. The highest BCUT2D eigenvalue weighted by Gasteiger charge is 2.33. The van der Waals surface area contributed by atoms with Gasteiger partial charge in [0.1, 0.15) is 11.4 Å². The second kappa shape index (κ2) is 5.95. The minimum atomic E-state index is -1.24. The summed E-state index contributed by atoms with van der Waals surface area (Å²) in [5.74, 6) is -1.15. The van der Waals surface area contributed by atoms with Crippen molar-refractivity contribution in [1.82, 2.24) is 10.3 Å². The highest BCUT2D eigenvalue weighted by atomic mass is 19.1. The lowest BCUT2D eigenvalue weighted by Gasteiger charge is -2.26. The Bertz CT molecular complexity index is 470. The summed E-state index contributed by atoms with van der Waals surface area (Å²) in [6.07, 6.45) is 1.01. The minimum absolute atomic E-state index is 0.167. The summed E-state index contributed by atoms with van der Waals surface area (Å²) in [7, 11) is 0. The first-order chi connectivity index (χ1) is 8.50. The Morgan fingerprint density at radius 2 is 2.44 bits per heavy atom. The van der Waals surface area contributed by atoms with Crippen molar-refractivity contribution in [3.05, 3.63) is 40.3 Å². The topological polar surface area (TPSA) is 117 Å². The smallest absolute Gasteiger partial charge is 0.243 e. The normalized spacial score (nSPS) is 13.4. The van der Waals surface area contributed by atoms with Crippen molar-refractivity contribution in [2.75, 3.05) is 13.1 Å². The molecule has 8 heteroatoms. The van der Waals surface area contributed by atoms with E-state index in [1.165, 1.54) is 19.1 Å². The molecule has 0 fully saturated rings. The molecule has 1 rings (SSSR count). The number of rotatable bonds is 6. The van der Waals surface area contributed by atoms with Crippen LogP contribution in [0.5, 0.6) is 0 Å². The maximum Gasteiger partial charge on any atom is 0.243 e. The Morgan fingerprint density at radius 3 is 2.94 bits per heavy atom. The van der Waals surface area contributed by atoms with Crippen LogP contribution in [0.15, 0.2) is 23.4 Å². The van der Waals surface area contributed by atoms with Gasteiger partial charge in [-0.3, -0.25) is 15.1 Å². The van der Waals surface area contributed by atoms with E-state index in [4.69, 9.17) is 11.3 Å². The highest BCUT2D eigenvalue weighted by molar-refractivity contribution is 5.85. The average Bonchev–Trinajstić information content (AvgIpc) is 2.35. The van der Waals surface area contributed by atoms with Crippen molar-refractivity contribution in [3.8, 4) is 0 Å². The van der Waals surface area contributed by atoms with E-state index in [1.54, 1.807) is 0 Å². The molecular weight excluding hydrogens is 239 g/mol. The monoisotopic (exact) mass is 252 g/mol. The van der Waals surface area contributed by atoms with E-state index in [2.05, 4.69) is 20.3 Å². The van der Waals surface area contributed by atoms with Gasteiger partial charge in [-0.05, 0) is 24.6 Å². The molecular formula is C10H13FN6O. The van der Waals surface area contributed by atoms with Crippen LogP contribution in [0.3, 0.4) is 0 Å². The van der Waals surface area contributed by atoms with Crippen LogP contribution in [0.1, 0.15) is 12.6 Å². The van der Waals surface area contributed by atoms with Crippen LogP contribution in [0.4, 0.5) is 4.39 Å². The van der Waals surface area contributed by atoms with Gasteiger partial charge in [0.15, 0.2) is 0 Å². The summed E-state index contributed by atoms with van der Waals surface area (Å²) >= 11 is 0. The first-order valence-corrected chi connectivity index (χ1v) is 5.18. The third-order valence-electron chi connectivity index (χ3n) is 2.49. The number of azide groups is 1. The number of nitrogens with one attached hydrogen (secondary N) is 1. The maximum atomic E-state index is 12.8. The third kappa shape index (κ3) is 3.16. The molecule has 0 aliphatic carbocycles. The molecule has 0 aromatic carbocycles. The lowest BCUT2D eigenvalue weighted by atomic mass is 9.96. The summed E-state index contributed by atoms with van der Waals surface area (Å²) in [5.41, 5.74) is 12.5. The minimum Gasteiger partial charge on any atom is -0.368 e. The maximum absolute atomic E-state index is 12.8. The summed E-state index contributed by atoms with van der Waals surface area (Å²) < 4.78 is 12.8. The summed E-state index contributed by atoms with van der Waals surface area (Å²) in [4.78, 5) is 17.9.